The normalized spacial score (nSPS) is 12.1. The van der Waals surface area contributed by atoms with Gasteiger partial charge in [-0.2, -0.15) is 0 Å². The first-order chi connectivity index (χ1) is 7.41. The van der Waals surface area contributed by atoms with Crippen LogP contribution in [-0.2, 0) is 9.59 Å². The number of carboxylic acids is 2. The molecule has 0 aliphatic carbocycles. The standard InChI is InChI=1S/C10H20N2O4.2Na.H2O/c1-7(5-9(13)14)11-3-4-12-8(2)6-10(15)16;;;/h7-8,11-12H,3-6H2,1-2H3,(H,13,14)(H,15,16);;;1H2/q;2*+1;/p-2. The van der Waals surface area contributed by atoms with E-state index in [0.29, 0.717) is 13.1 Å². The Labute approximate surface area is 157 Å². The van der Waals surface area contributed by atoms with Crippen LogP contribution in [0.1, 0.15) is 26.7 Å². The van der Waals surface area contributed by atoms with Crippen LogP contribution in [0.5, 0.6) is 0 Å². The second kappa shape index (κ2) is 16.9. The van der Waals surface area contributed by atoms with Crippen molar-refractivity contribution in [2.45, 2.75) is 38.8 Å². The van der Waals surface area contributed by atoms with E-state index in [0.717, 1.165) is 0 Å². The maximum Gasteiger partial charge on any atom is 1.00 e. The summed E-state index contributed by atoms with van der Waals surface area (Å²) < 4.78 is 0. The second-order valence-electron chi connectivity index (χ2n) is 3.86. The molecule has 0 aromatic heterocycles. The summed E-state index contributed by atoms with van der Waals surface area (Å²) >= 11 is 0. The Morgan fingerprint density at radius 1 is 0.895 bits per heavy atom. The summed E-state index contributed by atoms with van der Waals surface area (Å²) in [4.78, 5) is 20.5. The maximum absolute atomic E-state index is 10.2. The largest absolute Gasteiger partial charge is 1.00 e. The van der Waals surface area contributed by atoms with Crippen molar-refractivity contribution in [3.8, 4) is 0 Å². The van der Waals surface area contributed by atoms with Crippen molar-refractivity contribution in [2.24, 2.45) is 0 Å². The van der Waals surface area contributed by atoms with Gasteiger partial charge >= 0.3 is 59.1 Å². The van der Waals surface area contributed by atoms with Crippen molar-refractivity contribution in [3.63, 3.8) is 0 Å². The number of carboxylic acid groups (broad SMARTS) is 2. The minimum Gasteiger partial charge on any atom is -0.550 e. The Bertz CT molecular complexity index is 220. The predicted molar refractivity (Wildman–Crippen MR) is 57.8 cm³/mol. The molecule has 4 N–H and O–H groups in total. The van der Waals surface area contributed by atoms with Gasteiger partial charge in [0.05, 0.1) is 0 Å². The molecule has 0 saturated heterocycles. The van der Waals surface area contributed by atoms with Crippen LogP contribution in [0.4, 0.5) is 0 Å². The molecule has 0 bridgehead atoms. The van der Waals surface area contributed by atoms with Crippen LogP contribution >= 0.6 is 0 Å². The van der Waals surface area contributed by atoms with E-state index in [1.807, 2.05) is 0 Å². The summed E-state index contributed by atoms with van der Waals surface area (Å²) in [6, 6.07) is -0.300. The number of hydrogen-bond acceptors (Lipinski definition) is 6. The molecule has 102 valence electrons. The summed E-state index contributed by atoms with van der Waals surface area (Å²) in [5.74, 6) is -2.17. The summed E-state index contributed by atoms with van der Waals surface area (Å²) in [6.07, 6.45) is -0.0663. The van der Waals surface area contributed by atoms with Crippen LogP contribution in [0.15, 0.2) is 0 Å². The minimum atomic E-state index is -1.08. The van der Waals surface area contributed by atoms with Gasteiger partial charge in [0, 0.05) is 50.0 Å². The van der Waals surface area contributed by atoms with E-state index in [-0.39, 0.29) is 89.5 Å². The summed E-state index contributed by atoms with van der Waals surface area (Å²) in [6.45, 7) is 4.65. The molecule has 0 heterocycles. The first-order valence-corrected chi connectivity index (χ1v) is 5.28. The third kappa shape index (κ3) is 21.3. The van der Waals surface area contributed by atoms with Gasteiger partial charge in [-0.25, -0.2) is 0 Å². The van der Waals surface area contributed by atoms with Crippen LogP contribution in [0.25, 0.3) is 0 Å². The van der Waals surface area contributed by atoms with Gasteiger partial charge in [0.25, 0.3) is 0 Å². The minimum absolute atomic E-state index is 0. The average molecular weight is 294 g/mol. The summed E-state index contributed by atoms with van der Waals surface area (Å²) in [5, 5.41) is 26.4. The Hall–Kier alpha value is 0.820. The molecular formula is C10H20N2Na2O5. The fourth-order valence-electron chi connectivity index (χ4n) is 1.28. The number of carbonyl (C=O) groups excluding carboxylic acids is 2. The quantitative estimate of drug-likeness (QED) is 0.320. The Morgan fingerprint density at radius 3 is 1.37 bits per heavy atom. The first-order valence-electron chi connectivity index (χ1n) is 5.28. The van der Waals surface area contributed by atoms with Gasteiger partial charge in [-0.15, -0.1) is 0 Å². The molecule has 2 atom stereocenters. The maximum atomic E-state index is 10.2. The van der Waals surface area contributed by atoms with Gasteiger partial charge in [0.1, 0.15) is 0 Å². The molecule has 0 aliphatic rings. The smallest absolute Gasteiger partial charge is 0.550 e. The topological polar surface area (TPSA) is 136 Å². The first kappa shape index (κ1) is 28.0. The molecule has 2 unspecified atom stereocenters. The van der Waals surface area contributed by atoms with E-state index in [1.165, 1.54) is 0 Å². The van der Waals surface area contributed by atoms with Crippen LogP contribution < -0.4 is 80.0 Å². The van der Waals surface area contributed by atoms with Gasteiger partial charge in [0.2, 0.25) is 0 Å². The second-order valence-corrected chi connectivity index (χ2v) is 3.86. The molecule has 9 heteroatoms. The summed E-state index contributed by atoms with van der Waals surface area (Å²) in [5.41, 5.74) is 0. The van der Waals surface area contributed by atoms with Crippen molar-refractivity contribution in [3.05, 3.63) is 0 Å². The van der Waals surface area contributed by atoms with Crippen molar-refractivity contribution in [1.82, 2.24) is 10.6 Å². The number of hydrogen-bond donors (Lipinski definition) is 2. The Kier molecular flexibility index (Phi) is 24.9. The van der Waals surface area contributed by atoms with E-state index in [9.17, 15) is 19.8 Å². The van der Waals surface area contributed by atoms with E-state index in [2.05, 4.69) is 10.6 Å². The number of carbonyl (C=O) groups is 2. The molecule has 0 aliphatic heterocycles. The van der Waals surface area contributed by atoms with Gasteiger partial charge in [-0.05, 0) is 13.8 Å². The van der Waals surface area contributed by atoms with Crippen molar-refractivity contribution in [2.75, 3.05) is 13.1 Å². The molecule has 0 saturated carbocycles. The van der Waals surface area contributed by atoms with E-state index >= 15 is 0 Å². The molecule has 0 fully saturated rings. The Balaban J connectivity index is -0.000000375. The van der Waals surface area contributed by atoms with E-state index < -0.39 is 11.9 Å². The zero-order valence-corrected chi connectivity index (χ0v) is 16.1. The molecule has 0 aromatic carbocycles. The van der Waals surface area contributed by atoms with Crippen LogP contribution in [0, 0.1) is 0 Å². The van der Waals surface area contributed by atoms with Crippen LogP contribution in [0.3, 0.4) is 0 Å². The zero-order valence-electron chi connectivity index (χ0n) is 12.1. The molecule has 0 spiro atoms. The molecule has 0 amide bonds. The number of aliphatic carboxylic acids is 2. The van der Waals surface area contributed by atoms with Gasteiger partial charge in [0.15, 0.2) is 0 Å². The number of nitrogens with one attached hydrogen (secondary N) is 2. The van der Waals surface area contributed by atoms with Crippen molar-refractivity contribution < 1.29 is 84.4 Å². The molecule has 7 nitrogen and oxygen atoms in total. The molecule has 19 heavy (non-hydrogen) atoms. The van der Waals surface area contributed by atoms with Gasteiger partial charge in [-0.3, -0.25) is 0 Å². The molecular weight excluding hydrogens is 274 g/mol. The zero-order chi connectivity index (χ0) is 12.6. The molecule has 0 radical (unpaired) electrons. The van der Waals surface area contributed by atoms with Crippen molar-refractivity contribution >= 4 is 11.9 Å². The van der Waals surface area contributed by atoms with E-state index in [4.69, 9.17) is 0 Å². The Morgan fingerprint density at radius 2 is 1.16 bits per heavy atom. The predicted octanol–water partition coefficient (Wildman–Crippen LogP) is -9.59. The fourth-order valence-corrected chi connectivity index (χ4v) is 1.28. The molecule has 0 aromatic rings. The monoisotopic (exact) mass is 294 g/mol. The summed E-state index contributed by atoms with van der Waals surface area (Å²) in [7, 11) is 0. The van der Waals surface area contributed by atoms with Crippen LogP contribution in [-0.4, -0.2) is 42.6 Å². The number of rotatable bonds is 9. The van der Waals surface area contributed by atoms with E-state index in [1.54, 1.807) is 13.8 Å². The van der Waals surface area contributed by atoms with Crippen LogP contribution in [0.2, 0.25) is 0 Å². The third-order valence-electron chi connectivity index (χ3n) is 2.06. The SMILES string of the molecule is CC(CC(=O)[O-])NCCNC(C)CC(=O)[O-].O.[Na+].[Na+]. The fraction of sp³-hybridized carbons (Fsp3) is 0.800. The van der Waals surface area contributed by atoms with Crippen molar-refractivity contribution in [1.29, 1.82) is 0 Å². The van der Waals surface area contributed by atoms with Gasteiger partial charge in [-0.1, -0.05) is 0 Å². The average Bonchev–Trinajstić information content (AvgIpc) is 2.10. The third-order valence-corrected chi connectivity index (χ3v) is 2.06. The molecule has 0 rings (SSSR count). The van der Waals surface area contributed by atoms with Gasteiger partial charge < -0.3 is 35.9 Å².